The molecule has 33 heavy (non-hydrogen) atoms. The van der Waals surface area contributed by atoms with Crippen molar-refractivity contribution in [1.82, 2.24) is 25.1 Å². The Kier molecular flexibility index (Phi) is 6.69. The molecule has 0 fully saturated rings. The quantitative estimate of drug-likeness (QED) is 0.241. The molecule has 0 unspecified atom stereocenters. The van der Waals surface area contributed by atoms with Crippen LogP contribution in [-0.4, -0.2) is 37.4 Å². The summed E-state index contributed by atoms with van der Waals surface area (Å²) in [7, 11) is 0. The number of amides is 2. The Morgan fingerprint density at radius 2 is 1.70 bits per heavy atom. The van der Waals surface area contributed by atoms with Gasteiger partial charge in [0.25, 0.3) is 0 Å². The number of hydrogen-bond donors (Lipinski definition) is 5. The van der Waals surface area contributed by atoms with E-state index in [2.05, 4.69) is 46.4 Å². The lowest BCUT2D eigenvalue weighted by atomic mass is 10.2. The predicted molar refractivity (Wildman–Crippen MR) is 132 cm³/mol. The van der Waals surface area contributed by atoms with Crippen LogP contribution in [0.15, 0.2) is 59.8 Å². The number of aryl methyl sites for hydroxylation is 2. The Morgan fingerprint density at radius 1 is 0.909 bits per heavy atom. The number of H-pyrrole nitrogens is 1. The van der Waals surface area contributed by atoms with Crippen molar-refractivity contribution >= 4 is 52.6 Å². The van der Waals surface area contributed by atoms with Gasteiger partial charge >= 0.3 is 6.03 Å². The molecular weight excluding hydrogens is 438 g/mol. The molecule has 0 saturated heterocycles. The standard InChI is InChI=1S/C22H23N9OS/c1-13-4-6-15(7-5-13)26-22(32)29-17-9-8-16(12-23-17)25-21-24-14(2)10-18(28-21)27-19-11-20(33-3)31-30-19/h4-12H,1-3H3,(H2,23,26,29,32)(H3,24,25,27,28,30,31). The lowest BCUT2D eigenvalue weighted by Crippen LogP contribution is -2.20. The summed E-state index contributed by atoms with van der Waals surface area (Å²) in [5, 5.41) is 19.8. The third kappa shape index (κ3) is 6.20. The number of nitrogens with one attached hydrogen (secondary N) is 5. The molecule has 0 radical (unpaired) electrons. The van der Waals surface area contributed by atoms with E-state index in [-0.39, 0.29) is 6.03 Å². The van der Waals surface area contributed by atoms with Gasteiger partial charge in [0.05, 0.1) is 11.9 Å². The average Bonchev–Trinajstić information content (AvgIpc) is 3.24. The van der Waals surface area contributed by atoms with Gasteiger partial charge in [-0.1, -0.05) is 17.7 Å². The van der Waals surface area contributed by atoms with Gasteiger partial charge in [0, 0.05) is 23.5 Å². The van der Waals surface area contributed by atoms with Crippen molar-refractivity contribution in [2.45, 2.75) is 18.9 Å². The highest BCUT2D eigenvalue weighted by Crippen LogP contribution is 2.21. The smallest absolute Gasteiger partial charge is 0.324 e. The molecule has 0 aliphatic heterocycles. The summed E-state index contributed by atoms with van der Waals surface area (Å²) >= 11 is 1.55. The molecule has 1 aromatic carbocycles. The van der Waals surface area contributed by atoms with Crippen molar-refractivity contribution in [1.29, 1.82) is 0 Å². The number of carbonyl (C=O) groups excluding carboxylic acids is 1. The molecule has 0 bridgehead atoms. The molecule has 11 heteroatoms. The van der Waals surface area contributed by atoms with E-state index in [9.17, 15) is 4.79 Å². The summed E-state index contributed by atoms with van der Waals surface area (Å²) in [6, 6.07) is 14.4. The first-order valence-corrected chi connectivity index (χ1v) is 11.3. The Hall–Kier alpha value is -4.12. The van der Waals surface area contributed by atoms with Crippen LogP contribution in [0.3, 0.4) is 0 Å². The second-order valence-electron chi connectivity index (χ2n) is 7.17. The highest BCUT2D eigenvalue weighted by molar-refractivity contribution is 7.98. The molecular formula is C22H23N9OS. The number of carbonyl (C=O) groups is 1. The molecule has 3 heterocycles. The van der Waals surface area contributed by atoms with Crippen LogP contribution in [0.25, 0.3) is 0 Å². The lowest BCUT2D eigenvalue weighted by Gasteiger charge is -2.10. The minimum absolute atomic E-state index is 0.367. The fourth-order valence-electron chi connectivity index (χ4n) is 2.88. The van der Waals surface area contributed by atoms with Crippen LogP contribution in [0.5, 0.6) is 0 Å². The van der Waals surface area contributed by atoms with Gasteiger partial charge < -0.3 is 16.0 Å². The van der Waals surface area contributed by atoms with E-state index in [1.165, 1.54) is 0 Å². The fourth-order valence-corrected chi connectivity index (χ4v) is 3.26. The van der Waals surface area contributed by atoms with Crippen LogP contribution in [0.2, 0.25) is 0 Å². The summed E-state index contributed by atoms with van der Waals surface area (Å²) in [6.07, 6.45) is 3.56. The van der Waals surface area contributed by atoms with E-state index in [1.807, 2.05) is 56.5 Å². The zero-order chi connectivity index (χ0) is 23.2. The molecule has 0 spiro atoms. The first-order valence-electron chi connectivity index (χ1n) is 10.1. The molecule has 4 rings (SSSR count). The molecule has 3 aromatic heterocycles. The molecule has 4 aromatic rings. The molecule has 2 amide bonds. The number of rotatable bonds is 7. The van der Waals surface area contributed by atoms with Gasteiger partial charge in [0.2, 0.25) is 5.95 Å². The molecule has 0 atom stereocenters. The molecule has 0 saturated carbocycles. The van der Waals surface area contributed by atoms with Gasteiger partial charge in [0.1, 0.15) is 22.5 Å². The number of nitrogens with zero attached hydrogens (tertiary/aromatic N) is 4. The molecule has 168 valence electrons. The number of thioether (sulfide) groups is 1. The number of aromatic amines is 1. The first kappa shape index (κ1) is 22.1. The van der Waals surface area contributed by atoms with Gasteiger partial charge in [-0.25, -0.2) is 14.8 Å². The van der Waals surface area contributed by atoms with Crippen LogP contribution in [0.4, 0.5) is 39.6 Å². The van der Waals surface area contributed by atoms with Crippen LogP contribution >= 0.6 is 11.8 Å². The van der Waals surface area contributed by atoms with Crippen LogP contribution < -0.4 is 21.3 Å². The van der Waals surface area contributed by atoms with Gasteiger partial charge in [-0.2, -0.15) is 10.1 Å². The maximum Gasteiger partial charge on any atom is 0.324 e. The van der Waals surface area contributed by atoms with Crippen LogP contribution in [0, 0.1) is 13.8 Å². The largest absolute Gasteiger partial charge is 0.325 e. The van der Waals surface area contributed by atoms with Crippen LogP contribution in [0.1, 0.15) is 11.3 Å². The number of anilines is 6. The van der Waals surface area contributed by atoms with E-state index in [0.717, 1.165) is 22.1 Å². The predicted octanol–water partition coefficient (Wildman–Crippen LogP) is 5.06. The Morgan fingerprint density at radius 3 is 2.39 bits per heavy atom. The van der Waals surface area contributed by atoms with E-state index in [0.29, 0.717) is 29.0 Å². The van der Waals surface area contributed by atoms with Crippen molar-refractivity contribution in [3.8, 4) is 0 Å². The lowest BCUT2D eigenvalue weighted by molar-refractivity contribution is 0.262. The van der Waals surface area contributed by atoms with Crippen molar-refractivity contribution in [2.24, 2.45) is 0 Å². The Bertz CT molecular complexity index is 1240. The van der Waals surface area contributed by atoms with Crippen molar-refractivity contribution in [3.05, 3.63) is 66.0 Å². The molecule has 10 nitrogen and oxygen atoms in total. The zero-order valence-electron chi connectivity index (χ0n) is 18.3. The number of aromatic nitrogens is 5. The van der Waals surface area contributed by atoms with Crippen molar-refractivity contribution < 1.29 is 4.79 Å². The highest BCUT2D eigenvalue weighted by Gasteiger charge is 2.07. The summed E-state index contributed by atoms with van der Waals surface area (Å²) in [6.45, 7) is 3.87. The maximum atomic E-state index is 12.2. The Labute approximate surface area is 195 Å². The van der Waals surface area contributed by atoms with Crippen molar-refractivity contribution in [3.63, 3.8) is 0 Å². The normalized spacial score (nSPS) is 10.5. The summed E-state index contributed by atoms with van der Waals surface area (Å²) in [5.41, 5.74) is 3.30. The topological polar surface area (TPSA) is 133 Å². The fraction of sp³-hybridized carbons (Fsp3) is 0.136. The minimum Gasteiger partial charge on any atom is -0.325 e. The molecule has 5 N–H and O–H groups in total. The van der Waals surface area contributed by atoms with Gasteiger partial charge in [-0.05, 0) is 44.4 Å². The number of pyridine rings is 1. The maximum absolute atomic E-state index is 12.2. The SMILES string of the molecule is CSc1cc(Nc2cc(C)nc(Nc3ccc(NC(=O)Nc4ccc(C)cc4)nc3)n2)[nH]n1. The number of urea groups is 1. The third-order valence-electron chi connectivity index (χ3n) is 4.45. The monoisotopic (exact) mass is 461 g/mol. The number of benzene rings is 1. The second kappa shape index (κ2) is 10.0. The summed E-state index contributed by atoms with van der Waals surface area (Å²) < 4.78 is 0. The summed E-state index contributed by atoms with van der Waals surface area (Å²) in [4.78, 5) is 25.4. The van der Waals surface area contributed by atoms with E-state index in [4.69, 9.17) is 0 Å². The third-order valence-corrected chi connectivity index (χ3v) is 5.08. The Balaban J connectivity index is 1.37. The van der Waals surface area contributed by atoms with Crippen LogP contribution in [-0.2, 0) is 0 Å². The van der Waals surface area contributed by atoms with Crippen molar-refractivity contribution in [2.75, 3.05) is 27.5 Å². The number of hydrogen-bond acceptors (Lipinski definition) is 8. The van der Waals surface area contributed by atoms with Gasteiger partial charge in [-0.3, -0.25) is 10.4 Å². The first-order chi connectivity index (χ1) is 16.0. The van der Waals surface area contributed by atoms with Gasteiger partial charge in [0.15, 0.2) is 0 Å². The second-order valence-corrected chi connectivity index (χ2v) is 8.00. The molecule has 0 aliphatic carbocycles. The highest BCUT2D eigenvalue weighted by atomic mass is 32.2. The molecule has 0 aliphatic rings. The zero-order valence-corrected chi connectivity index (χ0v) is 19.1. The van der Waals surface area contributed by atoms with Gasteiger partial charge in [-0.15, -0.1) is 11.8 Å². The van der Waals surface area contributed by atoms with E-state index >= 15 is 0 Å². The van der Waals surface area contributed by atoms with E-state index < -0.39 is 0 Å². The minimum atomic E-state index is -0.367. The van der Waals surface area contributed by atoms with E-state index in [1.54, 1.807) is 30.1 Å². The summed E-state index contributed by atoms with van der Waals surface area (Å²) in [5.74, 6) is 2.20. The average molecular weight is 462 g/mol.